The van der Waals surface area contributed by atoms with E-state index in [9.17, 15) is 23.3 Å². The Balaban J connectivity index is 1.85. The zero-order chi connectivity index (χ0) is 18.2. The van der Waals surface area contributed by atoms with E-state index >= 15 is 0 Å². The molecule has 1 aliphatic heterocycles. The zero-order valence-electron chi connectivity index (χ0n) is 13.4. The van der Waals surface area contributed by atoms with E-state index in [-0.39, 0.29) is 11.6 Å². The second-order valence-electron chi connectivity index (χ2n) is 6.10. The Labute approximate surface area is 146 Å². The second-order valence-corrected chi connectivity index (χ2v) is 6.99. The maximum absolute atomic E-state index is 12.7. The van der Waals surface area contributed by atoms with Crippen molar-refractivity contribution >= 4 is 22.7 Å². The van der Waals surface area contributed by atoms with Crippen LogP contribution in [0.2, 0.25) is 0 Å². The standard InChI is InChI=1S/C16H16F3N3O2S/c1-10-4-5-12(13(7-10)22(23)24)21-6-2-3-11(8-21)15-20-14(9-25-15)16(17,18)19/h4-5,7,9,11H,2-3,6,8H2,1H3. The Morgan fingerprint density at radius 3 is 2.80 bits per heavy atom. The molecule has 1 aliphatic rings. The third kappa shape index (κ3) is 3.76. The Morgan fingerprint density at radius 2 is 2.16 bits per heavy atom. The van der Waals surface area contributed by atoms with Crippen molar-refractivity contribution in [1.29, 1.82) is 0 Å². The molecule has 1 fully saturated rings. The van der Waals surface area contributed by atoms with Crippen LogP contribution in [0.5, 0.6) is 0 Å². The Hall–Kier alpha value is -2.16. The van der Waals surface area contributed by atoms with E-state index in [0.717, 1.165) is 35.1 Å². The van der Waals surface area contributed by atoms with Crippen molar-refractivity contribution in [3.8, 4) is 0 Å². The molecule has 0 amide bonds. The third-order valence-electron chi connectivity index (χ3n) is 4.25. The van der Waals surface area contributed by atoms with Crippen LogP contribution in [0.3, 0.4) is 0 Å². The number of nitro benzene ring substituents is 1. The highest BCUT2D eigenvalue weighted by molar-refractivity contribution is 7.09. The van der Waals surface area contributed by atoms with Gasteiger partial charge in [-0.05, 0) is 31.4 Å². The lowest BCUT2D eigenvalue weighted by atomic mass is 9.97. The smallest absolute Gasteiger partial charge is 0.365 e. The number of rotatable bonds is 3. The molecule has 1 aromatic heterocycles. The summed E-state index contributed by atoms with van der Waals surface area (Å²) >= 11 is 1.00. The summed E-state index contributed by atoms with van der Waals surface area (Å²) in [5, 5.41) is 12.8. The highest BCUT2D eigenvalue weighted by Gasteiger charge is 2.35. The third-order valence-corrected chi connectivity index (χ3v) is 5.26. The molecule has 134 valence electrons. The lowest BCUT2D eigenvalue weighted by Gasteiger charge is -2.33. The normalized spacial score (nSPS) is 18.4. The van der Waals surface area contributed by atoms with Crippen molar-refractivity contribution in [3.05, 3.63) is 50.0 Å². The molecule has 0 saturated carbocycles. The second kappa shape index (κ2) is 6.62. The molecule has 5 nitrogen and oxygen atoms in total. The SMILES string of the molecule is Cc1ccc(N2CCCC(c3nc(C(F)(F)F)cs3)C2)c([N+](=O)[O-])c1. The van der Waals surface area contributed by atoms with Crippen LogP contribution in [0.4, 0.5) is 24.5 Å². The Morgan fingerprint density at radius 1 is 1.40 bits per heavy atom. The molecule has 0 spiro atoms. The van der Waals surface area contributed by atoms with Gasteiger partial charge in [0.25, 0.3) is 5.69 Å². The van der Waals surface area contributed by atoms with Gasteiger partial charge < -0.3 is 4.90 Å². The molecule has 0 N–H and O–H groups in total. The molecule has 1 unspecified atom stereocenters. The highest BCUT2D eigenvalue weighted by Crippen LogP contribution is 2.38. The summed E-state index contributed by atoms with van der Waals surface area (Å²) in [6, 6.07) is 5.03. The van der Waals surface area contributed by atoms with E-state index in [0.29, 0.717) is 23.8 Å². The number of nitrogens with zero attached hydrogens (tertiary/aromatic N) is 3. The van der Waals surface area contributed by atoms with Gasteiger partial charge in [-0.2, -0.15) is 13.2 Å². The zero-order valence-corrected chi connectivity index (χ0v) is 14.2. The summed E-state index contributed by atoms with van der Waals surface area (Å²) < 4.78 is 38.2. The molecular weight excluding hydrogens is 355 g/mol. The first kappa shape index (κ1) is 17.7. The van der Waals surface area contributed by atoms with Crippen LogP contribution in [-0.2, 0) is 6.18 Å². The van der Waals surface area contributed by atoms with Gasteiger partial charge >= 0.3 is 6.18 Å². The van der Waals surface area contributed by atoms with Crippen molar-refractivity contribution in [1.82, 2.24) is 4.98 Å². The van der Waals surface area contributed by atoms with Crippen LogP contribution in [0.15, 0.2) is 23.6 Å². The number of hydrogen-bond donors (Lipinski definition) is 0. The molecular formula is C16H16F3N3O2S. The number of piperidine rings is 1. The minimum absolute atomic E-state index is 0.0239. The number of benzene rings is 1. The van der Waals surface area contributed by atoms with Gasteiger partial charge in [0.2, 0.25) is 0 Å². The van der Waals surface area contributed by atoms with E-state index in [4.69, 9.17) is 0 Å². The van der Waals surface area contributed by atoms with E-state index < -0.39 is 16.8 Å². The van der Waals surface area contributed by atoms with Crippen LogP contribution in [0.1, 0.15) is 35.0 Å². The van der Waals surface area contributed by atoms with E-state index in [1.54, 1.807) is 19.1 Å². The van der Waals surface area contributed by atoms with Crippen LogP contribution in [-0.4, -0.2) is 23.0 Å². The lowest BCUT2D eigenvalue weighted by molar-refractivity contribution is -0.384. The largest absolute Gasteiger partial charge is 0.434 e. The molecule has 2 heterocycles. The first-order valence-corrected chi connectivity index (χ1v) is 8.66. The maximum atomic E-state index is 12.7. The Bertz CT molecular complexity index is 791. The summed E-state index contributed by atoms with van der Waals surface area (Å²) in [4.78, 5) is 16.5. The van der Waals surface area contributed by atoms with Crippen molar-refractivity contribution in [2.75, 3.05) is 18.0 Å². The number of halogens is 3. The molecule has 0 bridgehead atoms. The summed E-state index contributed by atoms with van der Waals surface area (Å²) in [5.41, 5.74) is 0.452. The van der Waals surface area contributed by atoms with Crippen LogP contribution < -0.4 is 4.90 Å². The lowest BCUT2D eigenvalue weighted by Crippen LogP contribution is -2.34. The number of nitro groups is 1. The summed E-state index contributed by atoms with van der Waals surface area (Å²) in [7, 11) is 0. The molecule has 9 heteroatoms. The topological polar surface area (TPSA) is 59.3 Å². The van der Waals surface area contributed by atoms with Gasteiger partial charge in [-0.1, -0.05) is 6.07 Å². The number of alkyl halides is 3. The predicted octanol–water partition coefficient (Wildman–Crippen LogP) is 4.76. The first-order valence-electron chi connectivity index (χ1n) is 7.78. The molecule has 0 aliphatic carbocycles. The number of aromatic nitrogens is 1. The summed E-state index contributed by atoms with van der Waals surface area (Å²) in [5.74, 6) is -0.157. The number of thiazole rings is 1. The quantitative estimate of drug-likeness (QED) is 0.576. The molecule has 0 radical (unpaired) electrons. The summed E-state index contributed by atoms with van der Waals surface area (Å²) in [6.07, 6.45) is -2.98. The van der Waals surface area contributed by atoms with Crippen molar-refractivity contribution in [2.24, 2.45) is 0 Å². The van der Waals surface area contributed by atoms with Gasteiger partial charge in [-0.25, -0.2) is 4.98 Å². The van der Waals surface area contributed by atoms with Crippen LogP contribution in [0, 0.1) is 17.0 Å². The maximum Gasteiger partial charge on any atom is 0.434 e. The fourth-order valence-corrected chi connectivity index (χ4v) is 4.00. The van der Waals surface area contributed by atoms with Crippen molar-refractivity contribution in [3.63, 3.8) is 0 Å². The van der Waals surface area contributed by atoms with Gasteiger partial charge in [0, 0.05) is 30.5 Å². The van der Waals surface area contributed by atoms with E-state index in [2.05, 4.69) is 4.98 Å². The average Bonchev–Trinajstić information content (AvgIpc) is 3.05. The molecule has 25 heavy (non-hydrogen) atoms. The fraction of sp³-hybridized carbons (Fsp3) is 0.438. The van der Waals surface area contributed by atoms with Crippen LogP contribution >= 0.6 is 11.3 Å². The van der Waals surface area contributed by atoms with E-state index in [1.165, 1.54) is 6.07 Å². The molecule has 1 saturated heterocycles. The van der Waals surface area contributed by atoms with Gasteiger partial charge in [0.15, 0.2) is 5.69 Å². The van der Waals surface area contributed by atoms with E-state index in [1.807, 2.05) is 4.90 Å². The molecule has 1 atom stereocenters. The fourth-order valence-electron chi connectivity index (χ4n) is 3.05. The first-order chi connectivity index (χ1) is 11.8. The van der Waals surface area contributed by atoms with Crippen molar-refractivity contribution in [2.45, 2.75) is 31.9 Å². The Kier molecular flexibility index (Phi) is 4.68. The summed E-state index contributed by atoms with van der Waals surface area (Å²) in [6.45, 7) is 2.84. The molecule has 2 aromatic rings. The monoisotopic (exact) mass is 371 g/mol. The van der Waals surface area contributed by atoms with Crippen LogP contribution in [0.25, 0.3) is 0 Å². The number of hydrogen-bond acceptors (Lipinski definition) is 5. The molecule has 1 aromatic carbocycles. The minimum Gasteiger partial charge on any atom is -0.365 e. The van der Waals surface area contributed by atoms with Crippen molar-refractivity contribution < 1.29 is 18.1 Å². The van der Waals surface area contributed by atoms with Gasteiger partial charge in [0.1, 0.15) is 5.69 Å². The average molecular weight is 371 g/mol. The minimum atomic E-state index is -4.45. The van der Waals surface area contributed by atoms with Gasteiger partial charge in [-0.15, -0.1) is 11.3 Å². The highest BCUT2D eigenvalue weighted by atomic mass is 32.1. The van der Waals surface area contributed by atoms with Gasteiger partial charge in [0.05, 0.1) is 9.93 Å². The molecule has 3 rings (SSSR count). The predicted molar refractivity (Wildman–Crippen MR) is 89.1 cm³/mol. The van der Waals surface area contributed by atoms with Gasteiger partial charge in [-0.3, -0.25) is 10.1 Å². The number of anilines is 1. The number of aryl methyl sites for hydroxylation is 1.